The van der Waals surface area contributed by atoms with Crippen molar-refractivity contribution in [3.8, 4) is 0 Å². The van der Waals surface area contributed by atoms with Crippen LogP contribution in [-0.4, -0.2) is 64.1 Å². The second-order valence-corrected chi connectivity index (χ2v) is 6.79. The molecule has 1 unspecified atom stereocenters. The average molecular weight is 336 g/mol. The molecule has 0 spiro atoms. The Morgan fingerprint density at radius 2 is 2.04 bits per heavy atom. The number of hydrogen-bond acceptors (Lipinski definition) is 7. The van der Waals surface area contributed by atoms with Gasteiger partial charge < -0.3 is 15.6 Å². The lowest BCUT2D eigenvalue weighted by Crippen LogP contribution is -2.54. The second-order valence-electron chi connectivity index (χ2n) is 6.79. The van der Waals surface area contributed by atoms with Gasteiger partial charge in [0.15, 0.2) is 5.82 Å². The Balaban J connectivity index is 1.42. The van der Waals surface area contributed by atoms with Crippen molar-refractivity contribution in [2.24, 2.45) is 5.73 Å². The van der Waals surface area contributed by atoms with Crippen LogP contribution in [0.2, 0.25) is 0 Å². The smallest absolute Gasteiger partial charge is 0.240 e. The summed E-state index contributed by atoms with van der Waals surface area (Å²) in [5, 5.41) is 7.13. The lowest BCUT2D eigenvalue weighted by molar-refractivity contribution is -0.127. The second kappa shape index (κ2) is 8.04. The quantitative estimate of drug-likeness (QED) is 0.759. The number of aromatic nitrogens is 2. The van der Waals surface area contributed by atoms with Gasteiger partial charge >= 0.3 is 0 Å². The van der Waals surface area contributed by atoms with E-state index in [-0.39, 0.29) is 18.5 Å². The summed E-state index contributed by atoms with van der Waals surface area (Å²) in [7, 11) is 0. The van der Waals surface area contributed by atoms with Crippen LogP contribution >= 0.6 is 0 Å². The maximum absolute atomic E-state index is 12.4. The Labute approximate surface area is 142 Å². The topological polar surface area (TPSA) is 101 Å². The molecule has 0 bridgehead atoms. The number of carbonyl (C=O) groups is 1. The first-order valence-electron chi connectivity index (χ1n) is 8.94. The molecule has 1 saturated carbocycles. The lowest BCUT2D eigenvalue weighted by Gasteiger charge is -2.37. The van der Waals surface area contributed by atoms with E-state index in [0.29, 0.717) is 24.3 Å². The van der Waals surface area contributed by atoms with Crippen LogP contribution in [0, 0.1) is 0 Å². The van der Waals surface area contributed by atoms with E-state index >= 15 is 0 Å². The Morgan fingerprint density at radius 1 is 1.33 bits per heavy atom. The molecule has 0 aromatic carbocycles. The fourth-order valence-corrected chi connectivity index (χ4v) is 3.50. The maximum atomic E-state index is 12.4. The van der Waals surface area contributed by atoms with Crippen molar-refractivity contribution < 1.29 is 9.32 Å². The van der Waals surface area contributed by atoms with Gasteiger partial charge in [-0.25, -0.2) is 0 Å². The van der Waals surface area contributed by atoms with Crippen molar-refractivity contribution >= 4 is 5.91 Å². The molecule has 1 aromatic heterocycles. The minimum Gasteiger partial charge on any atom is -0.352 e. The summed E-state index contributed by atoms with van der Waals surface area (Å²) >= 11 is 0. The van der Waals surface area contributed by atoms with Gasteiger partial charge in [0, 0.05) is 32.2 Å². The van der Waals surface area contributed by atoms with Gasteiger partial charge in [-0.15, -0.1) is 0 Å². The SMILES string of the molecule is CC(C(=O)NC1CCCC1)N1CCN(Cc2noc(CN)n2)CC1. The van der Waals surface area contributed by atoms with Gasteiger partial charge in [-0.3, -0.25) is 14.6 Å². The normalized spacial score (nSPS) is 21.9. The highest BCUT2D eigenvalue weighted by Crippen LogP contribution is 2.18. The third kappa shape index (κ3) is 4.31. The van der Waals surface area contributed by atoms with Crippen LogP contribution in [0.25, 0.3) is 0 Å². The molecular weight excluding hydrogens is 308 g/mol. The third-order valence-corrected chi connectivity index (χ3v) is 5.09. The first-order chi connectivity index (χ1) is 11.7. The van der Waals surface area contributed by atoms with E-state index in [1.165, 1.54) is 12.8 Å². The first kappa shape index (κ1) is 17.3. The first-order valence-corrected chi connectivity index (χ1v) is 8.94. The zero-order valence-electron chi connectivity index (χ0n) is 14.4. The summed E-state index contributed by atoms with van der Waals surface area (Å²) < 4.78 is 5.03. The molecule has 1 aliphatic heterocycles. The van der Waals surface area contributed by atoms with Crippen LogP contribution in [0.1, 0.15) is 44.3 Å². The molecule has 1 amide bonds. The fourth-order valence-electron chi connectivity index (χ4n) is 3.50. The summed E-state index contributed by atoms with van der Waals surface area (Å²) in [6, 6.07) is 0.318. The van der Waals surface area contributed by atoms with Crippen molar-refractivity contribution in [1.29, 1.82) is 0 Å². The number of rotatable bonds is 6. The van der Waals surface area contributed by atoms with Crippen LogP contribution in [0.15, 0.2) is 4.52 Å². The number of hydrogen-bond donors (Lipinski definition) is 2. The molecule has 1 saturated heterocycles. The minimum atomic E-state index is -0.0678. The van der Waals surface area contributed by atoms with E-state index in [0.717, 1.165) is 39.0 Å². The number of nitrogens with zero attached hydrogens (tertiary/aromatic N) is 4. The van der Waals surface area contributed by atoms with Gasteiger partial charge in [0.25, 0.3) is 0 Å². The zero-order valence-corrected chi connectivity index (χ0v) is 14.4. The highest BCUT2D eigenvalue weighted by molar-refractivity contribution is 5.81. The van der Waals surface area contributed by atoms with E-state index in [1.54, 1.807) is 0 Å². The molecule has 2 aliphatic rings. The molecule has 24 heavy (non-hydrogen) atoms. The fraction of sp³-hybridized carbons (Fsp3) is 0.812. The van der Waals surface area contributed by atoms with Crippen LogP contribution in [0.3, 0.4) is 0 Å². The van der Waals surface area contributed by atoms with Crippen molar-refractivity contribution in [3.63, 3.8) is 0 Å². The number of amides is 1. The Kier molecular flexibility index (Phi) is 5.80. The monoisotopic (exact) mass is 336 g/mol. The molecule has 134 valence electrons. The molecule has 2 fully saturated rings. The van der Waals surface area contributed by atoms with Crippen LogP contribution < -0.4 is 11.1 Å². The molecule has 8 nitrogen and oxygen atoms in total. The van der Waals surface area contributed by atoms with E-state index < -0.39 is 0 Å². The van der Waals surface area contributed by atoms with Crippen LogP contribution in [0.4, 0.5) is 0 Å². The van der Waals surface area contributed by atoms with Gasteiger partial charge in [0.1, 0.15) is 0 Å². The Morgan fingerprint density at radius 3 is 2.67 bits per heavy atom. The van der Waals surface area contributed by atoms with Crippen molar-refractivity contribution in [2.75, 3.05) is 26.2 Å². The van der Waals surface area contributed by atoms with E-state index in [1.807, 2.05) is 6.92 Å². The summed E-state index contributed by atoms with van der Waals surface area (Å²) in [6.07, 6.45) is 4.73. The average Bonchev–Trinajstić information content (AvgIpc) is 3.26. The van der Waals surface area contributed by atoms with Crippen molar-refractivity contribution in [2.45, 2.75) is 57.8 Å². The van der Waals surface area contributed by atoms with Crippen LogP contribution in [-0.2, 0) is 17.9 Å². The molecule has 1 atom stereocenters. The third-order valence-electron chi connectivity index (χ3n) is 5.09. The molecule has 3 N–H and O–H groups in total. The molecule has 2 heterocycles. The van der Waals surface area contributed by atoms with Crippen molar-refractivity contribution in [1.82, 2.24) is 25.3 Å². The molecular formula is C16H28N6O2. The number of carbonyl (C=O) groups excluding carboxylic acids is 1. The van der Waals surface area contributed by atoms with Gasteiger partial charge in [-0.05, 0) is 19.8 Å². The highest BCUT2D eigenvalue weighted by Gasteiger charge is 2.28. The Hall–Kier alpha value is -1.51. The number of piperazine rings is 1. The van der Waals surface area contributed by atoms with E-state index in [9.17, 15) is 4.79 Å². The van der Waals surface area contributed by atoms with E-state index in [4.69, 9.17) is 10.3 Å². The largest absolute Gasteiger partial charge is 0.352 e. The number of nitrogens with two attached hydrogens (primary N) is 1. The maximum Gasteiger partial charge on any atom is 0.240 e. The summed E-state index contributed by atoms with van der Waals surface area (Å²) in [5.74, 6) is 1.32. The minimum absolute atomic E-state index is 0.0678. The Bertz CT molecular complexity index is 534. The lowest BCUT2D eigenvalue weighted by atomic mass is 10.2. The molecule has 1 aliphatic carbocycles. The van der Waals surface area contributed by atoms with Gasteiger partial charge in [0.05, 0.1) is 19.1 Å². The van der Waals surface area contributed by atoms with Crippen molar-refractivity contribution in [3.05, 3.63) is 11.7 Å². The van der Waals surface area contributed by atoms with Gasteiger partial charge in [-0.2, -0.15) is 4.98 Å². The molecule has 3 rings (SSSR count). The van der Waals surface area contributed by atoms with E-state index in [2.05, 4.69) is 25.3 Å². The summed E-state index contributed by atoms with van der Waals surface area (Å²) in [4.78, 5) is 21.2. The standard InChI is InChI=1S/C16H28N6O2/c1-12(16(23)18-13-4-2-3-5-13)22-8-6-21(7-9-22)11-14-19-15(10-17)24-20-14/h12-13H,2-11,17H2,1H3,(H,18,23). The molecule has 1 aromatic rings. The summed E-state index contributed by atoms with van der Waals surface area (Å²) in [5.41, 5.74) is 5.48. The van der Waals surface area contributed by atoms with Gasteiger partial charge in [0.2, 0.25) is 11.8 Å². The molecule has 8 heteroatoms. The number of nitrogens with one attached hydrogen (secondary N) is 1. The summed E-state index contributed by atoms with van der Waals surface area (Å²) in [6.45, 7) is 6.49. The van der Waals surface area contributed by atoms with Gasteiger partial charge in [-0.1, -0.05) is 18.0 Å². The predicted octanol–water partition coefficient (Wildman–Crippen LogP) is 0.0932. The van der Waals surface area contributed by atoms with Crippen LogP contribution in [0.5, 0.6) is 0 Å². The highest BCUT2D eigenvalue weighted by atomic mass is 16.5. The molecule has 0 radical (unpaired) electrons. The zero-order chi connectivity index (χ0) is 16.9. The predicted molar refractivity (Wildman–Crippen MR) is 88.9 cm³/mol.